The lowest BCUT2D eigenvalue weighted by Gasteiger charge is -2.15. The molecule has 1 aliphatic rings. The van der Waals surface area contributed by atoms with Gasteiger partial charge in [0.1, 0.15) is 0 Å². The molecule has 0 aliphatic carbocycles. The number of ketones is 1. The second-order valence-electron chi connectivity index (χ2n) is 3.66. The minimum absolute atomic E-state index is 0.0968. The van der Waals surface area contributed by atoms with Crippen LogP contribution in [0.4, 0.5) is 0 Å². The summed E-state index contributed by atoms with van der Waals surface area (Å²) in [4.78, 5) is 25.9. The minimum atomic E-state index is 0.0968. The maximum atomic E-state index is 11.4. The molecular formula is C9H16N2O2. The molecule has 1 heterocycles. The topological polar surface area (TPSA) is 40.6 Å². The Kier molecular flexibility index (Phi) is 3.42. The summed E-state index contributed by atoms with van der Waals surface area (Å²) >= 11 is 0. The van der Waals surface area contributed by atoms with Gasteiger partial charge in [-0.3, -0.25) is 9.59 Å². The van der Waals surface area contributed by atoms with Crippen molar-refractivity contribution in [3.63, 3.8) is 0 Å². The van der Waals surface area contributed by atoms with Crippen LogP contribution in [-0.2, 0) is 9.59 Å². The standard InChI is InChI=1S/C9H16N2O2/c1-10(2)5-4-9(13)11-6-3-8(12)7-11/h3-7H2,1-2H3. The third-order valence-corrected chi connectivity index (χ3v) is 2.15. The molecule has 0 unspecified atom stereocenters. The first-order chi connectivity index (χ1) is 6.09. The smallest absolute Gasteiger partial charge is 0.224 e. The molecule has 0 aromatic rings. The van der Waals surface area contributed by atoms with E-state index in [1.165, 1.54) is 0 Å². The van der Waals surface area contributed by atoms with Gasteiger partial charge in [-0.05, 0) is 14.1 Å². The molecule has 0 spiro atoms. The number of amides is 1. The van der Waals surface area contributed by atoms with E-state index in [0.717, 1.165) is 6.54 Å². The van der Waals surface area contributed by atoms with Crippen LogP contribution >= 0.6 is 0 Å². The molecule has 13 heavy (non-hydrogen) atoms. The quantitative estimate of drug-likeness (QED) is 0.606. The lowest BCUT2D eigenvalue weighted by atomic mass is 10.3. The van der Waals surface area contributed by atoms with E-state index in [0.29, 0.717) is 25.9 Å². The largest absolute Gasteiger partial charge is 0.335 e. The van der Waals surface area contributed by atoms with E-state index in [9.17, 15) is 9.59 Å². The Balaban J connectivity index is 2.27. The van der Waals surface area contributed by atoms with Gasteiger partial charge in [-0.1, -0.05) is 0 Å². The van der Waals surface area contributed by atoms with Crippen LogP contribution in [0.15, 0.2) is 0 Å². The molecular weight excluding hydrogens is 168 g/mol. The van der Waals surface area contributed by atoms with Gasteiger partial charge < -0.3 is 9.80 Å². The van der Waals surface area contributed by atoms with E-state index < -0.39 is 0 Å². The average molecular weight is 184 g/mol. The number of carbonyl (C=O) groups is 2. The second kappa shape index (κ2) is 4.37. The number of nitrogens with zero attached hydrogens (tertiary/aromatic N) is 2. The van der Waals surface area contributed by atoms with Gasteiger partial charge in [0.2, 0.25) is 5.91 Å². The highest BCUT2D eigenvalue weighted by molar-refractivity contribution is 5.89. The van der Waals surface area contributed by atoms with Crippen LogP contribution in [0.2, 0.25) is 0 Å². The molecule has 1 aliphatic heterocycles. The van der Waals surface area contributed by atoms with Crippen molar-refractivity contribution in [1.82, 2.24) is 9.80 Å². The summed E-state index contributed by atoms with van der Waals surface area (Å²) in [6.07, 6.45) is 1.05. The van der Waals surface area contributed by atoms with Crippen LogP contribution in [0, 0.1) is 0 Å². The van der Waals surface area contributed by atoms with E-state index >= 15 is 0 Å². The predicted octanol–water partition coefficient (Wildman–Crippen LogP) is -0.261. The first kappa shape index (κ1) is 10.2. The summed E-state index contributed by atoms with van der Waals surface area (Å²) in [6, 6.07) is 0. The molecule has 0 atom stereocenters. The molecule has 0 bridgehead atoms. The fourth-order valence-corrected chi connectivity index (χ4v) is 1.32. The van der Waals surface area contributed by atoms with E-state index in [1.807, 2.05) is 19.0 Å². The van der Waals surface area contributed by atoms with Gasteiger partial charge in [-0.15, -0.1) is 0 Å². The Labute approximate surface area is 78.5 Å². The van der Waals surface area contributed by atoms with E-state index in [-0.39, 0.29) is 11.7 Å². The number of rotatable bonds is 3. The normalized spacial score (nSPS) is 17.2. The Morgan fingerprint density at radius 3 is 2.69 bits per heavy atom. The van der Waals surface area contributed by atoms with Gasteiger partial charge in [-0.2, -0.15) is 0 Å². The van der Waals surface area contributed by atoms with Crippen molar-refractivity contribution in [1.29, 1.82) is 0 Å². The van der Waals surface area contributed by atoms with Crippen LogP contribution < -0.4 is 0 Å². The van der Waals surface area contributed by atoms with E-state index in [2.05, 4.69) is 0 Å². The Morgan fingerprint density at radius 1 is 1.54 bits per heavy atom. The molecule has 1 amide bonds. The fourth-order valence-electron chi connectivity index (χ4n) is 1.32. The van der Waals surface area contributed by atoms with Crippen LogP contribution in [0.25, 0.3) is 0 Å². The van der Waals surface area contributed by atoms with Gasteiger partial charge in [0.05, 0.1) is 6.54 Å². The van der Waals surface area contributed by atoms with Crippen molar-refractivity contribution in [2.45, 2.75) is 12.8 Å². The molecule has 0 saturated carbocycles. The Morgan fingerprint density at radius 2 is 2.23 bits per heavy atom. The van der Waals surface area contributed by atoms with Crippen LogP contribution in [0.1, 0.15) is 12.8 Å². The monoisotopic (exact) mass is 184 g/mol. The molecule has 4 heteroatoms. The van der Waals surface area contributed by atoms with Crippen molar-refractivity contribution >= 4 is 11.7 Å². The predicted molar refractivity (Wildman–Crippen MR) is 49.4 cm³/mol. The molecule has 1 fully saturated rings. The molecule has 1 rings (SSSR count). The number of Topliss-reactive ketones (excluding diaryl/α,β-unsaturated/α-hetero) is 1. The summed E-state index contributed by atoms with van der Waals surface area (Å²) in [5.41, 5.74) is 0. The van der Waals surface area contributed by atoms with Gasteiger partial charge in [0.25, 0.3) is 0 Å². The molecule has 0 radical (unpaired) electrons. The van der Waals surface area contributed by atoms with Gasteiger partial charge in [0.15, 0.2) is 5.78 Å². The number of hydrogen-bond acceptors (Lipinski definition) is 3. The Hall–Kier alpha value is -0.900. The third kappa shape index (κ3) is 3.14. The van der Waals surface area contributed by atoms with E-state index in [1.54, 1.807) is 4.90 Å². The summed E-state index contributed by atoms with van der Waals surface area (Å²) in [6.45, 7) is 1.70. The van der Waals surface area contributed by atoms with E-state index in [4.69, 9.17) is 0 Å². The molecule has 0 aromatic heterocycles. The third-order valence-electron chi connectivity index (χ3n) is 2.15. The van der Waals surface area contributed by atoms with Crippen molar-refractivity contribution in [3.8, 4) is 0 Å². The van der Waals surface area contributed by atoms with Gasteiger partial charge >= 0.3 is 0 Å². The van der Waals surface area contributed by atoms with Gasteiger partial charge in [-0.25, -0.2) is 0 Å². The molecule has 4 nitrogen and oxygen atoms in total. The maximum absolute atomic E-state index is 11.4. The average Bonchev–Trinajstić information content (AvgIpc) is 2.47. The van der Waals surface area contributed by atoms with Gasteiger partial charge in [0, 0.05) is 25.9 Å². The lowest BCUT2D eigenvalue weighted by Crippen LogP contribution is -2.31. The summed E-state index contributed by atoms with van der Waals surface area (Å²) < 4.78 is 0. The van der Waals surface area contributed by atoms with Crippen LogP contribution in [-0.4, -0.2) is 55.2 Å². The summed E-state index contributed by atoms with van der Waals surface area (Å²) in [5, 5.41) is 0. The SMILES string of the molecule is CN(C)CCC(=O)N1CCC(=O)C1. The highest BCUT2D eigenvalue weighted by Crippen LogP contribution is 2.05. The highest BCUT2D eigenvalue weighted by atomic mass is 16.2. The molecule has 0 aromatic carbocycles. The first-order valence-corrected chi connectivity index (χ1v) is 4.54. The molecule has 74 valence electrons. The first-order valence-electron chi connectivity index (χ1n) is 4.54. The van der Waals surface area contributed by atoms with Crippen LogP contribution in [0.3, 0.4) is 0 Å². The number of carbonyl (C=O) groups excluding carboxylic acids is 2. The summed E-state index contributed by atoms with van der Waals surface area (Å²) in [7, 11) is 3.87. The van der Waals surface area contributed by atoms with Crippen molar-refractivity contribution in [2.24, 2.45) is 0 Å². The molecule has 1 saturated heterocycles. The number of hydrogen-bond donors (Lipinski definition) is 0. The van der Waals surface area contributed by atoms with Crippen LogP contribution in [0.5, 0.6) is 0 Å². The zero-order valence-electron chi connectivity index (χ0n) is 8.25. The van der Waals surface area contributed by atoms with Crippen molar-refractivity contribution < 1.29 is 9.59 Å². The minimum Gasteiger partial charge on any atom is -0.335 e. The second-order valence-corrected chi connectivity index (χ2v) is 3.66. The lowest BCUT2D eigenvalue weighted by molar-refractivity contribution is -0.131. The van der Waals surface area contributed by atoms with Crippen molar-refractivity contribution in [2.75, 3.05) is 33.7 Å². The highest BCUT2D eigenvalue weighted by Gasteiger charge is 2.23. The zero-order chi connectivity index (χ0) is 9.84. The van der Waals surface area contributed by atoms with Crippen molar-refractivity contribution in [3.05, 3.63) is 0 Å². The zero-order valence-corrected chi connectivity index (χ0v) is 8.25. The Bertz CT molecular complexity index is 214. The summed E-state index contributed by atoms with van der Waals surface area (Å²) in [5.74, 6) is 0.276. The maximum Gasteiger partial charge on any atom is 0.224 e. The number of likely N-dealkylation sites (tertiary alicyclic amines) is 1. The fraction of sp³-hybridized carbons (Fsp3) is 0.778. The molecule has 0 N–H and O–H groups in total.